The average molecular weight is 189 g/mol. The molecule has 3 nitrogen and oxygen atoms in total. The first kappa shape index (κ1) is 9.19. The van der Waals surface area contributed by atoms with Crippen LogP contribution < -0.4 is 0 Å². The van der Waals surface area contributed by atoms with E-state index in [9.17, 15) is 0 Å². The van der Waals surface area contributed by atoms with E-state index in [2.05, 4.69) is 40.6 Å². The Morgan fingerprint density at radius 1 is 1.21 bits per heavy atom. The summed E-state index contributed by atoms with van der Waals surface area (Å²) in [6.45, 7) is 4.30. The van der Waals surface area contributed by atoms with Crippen molar-refractivity contribution >= 4 is 5.65 Å². The first-order valence-corrected chi connectivity index (χ1v) is 5.18. The van der Waals surface area contributed by atoms with Crippen molar-refractivity contribution in [1.82, 2.24) is 14.6 Å². The van der Waals surface area contributed by atoms with Gasteiger partial charge in [0.05, 0.1) is 0 Å². The molecule has 0 saturated heterocycles. The molecule has 0 spiro atoms. The van der Waals surface area contributed by atoms with Crippen LogP contribution in [0.25, 0.3) is 5.65 Å². The maximum Gasteiger partial charge on any atom is 0.160 e. The summed E-state index contributed by atoms with van der Waals surface area (Å²) in [6.07, 6.45) is 3.17. The van der Waals surface area contributed by atoms with Crippen molar-refractivity contribution in [1.29, 1.82) is 0 Å². The van der Waals surface area contributed by atoms with E-state index in [4.69, 9.17) is 0 Å². The zero-order valence-corrected chi connectivity index (χ0v) is 8.70. The van der Waals surface area contributed by atoms with Crippen LogP contribution in [0.3, 0.4) is 0 Å². The minimum absolute atomic E-state index is 0.932. The molecule has 3 heteroatoms. The largest absolute Gasteiger partial charge is 0.283 e. The zero-order chi connectivity index (χ0) is 9.97. The number of nitrogens with zero attached hydrogens (tertiary/aromatic N) is 3. The van der Waals surface area contributed by atoms with Gasteiger partial charge in [0.2, 0.25) is 0 Å². The highest BCUT2D eigenvalue weighted by Gasteiger charge is 2.06. The number of rotatable bonds is 3. The van der Waals surface area contributed by atoms with E-state index in [1.165, 1.54) is 5.69 Å². The fourth-order valence-electron chi connectivity index (χ4n) is 1.75. The molecule has 0 aliphatic heterocycles. The van der Waals surface area contributed by atoms with Crippen molar-refractivity contribution in [3.63, 3.8) is 0 Å². The molecule has 0 N–H and O–H groups in total. The molecule has 0 unspecified atom stereocenters. The van der Waals surface area contributed by atoms with Crippen molar-refractivity contribution in [2.45, 2.75) is 33.1 Å². The van der Waals surface area contributed by atoms with Crippen LogP contribution in [-0.2, 0) is 12.8 Å². The zero-order valence-electron chi connectivity index (χ0n) is 8.70. The molecule has 0 radical (unpaired) electrons. The molecule has 0 aliphatic rings. The lowest BCUT2D eigenvalue weighted by Gasteiger charge is -2.04. The molecule has 0 amide bonds. The van der Waals surface area contributed by atoms with Gasteiger partial charge < -0.3 is 0 Å². The summed E-state index contributed by atoms with van der Waals surface area (Å²) >= 11 is 0. The first-order chi connectivity index (χ1) is 6.86. The molecule has 0 atom stereocenters. The van der Waals surface area contributed by atoms with E-state index in [-0.39, 0.29) is 0 Å². The molecule has 2 aromatic heterocycles. The number of hydrogen-bond acceptors (Lipinski definition) is 2. The van der Waals surface area contributed by atoms with E-state index in [1.807, 2.05) is 6.07 Å². The first-order valence-electron chi connectivity index (χ1n) is 5.18. The smallest absolute Gasteiger partial charge is 0.160 e. The maximum absolute atomic E-state index is 4.17. The molecule has 2 aromatic rings. The van der Waals surface area contributed by atoms with E-state index in [0.29, 0.717) is 0 Å². The summed E-state index contributed by atoms with van der Waals surface area (Å²) in [7, 11) is 0. The number of pyridine rings is 1. The summed E-state index contributed by atoms with van der Waals surface area (Å²) in [5, 5.41) is 8.32. The van der Waals surface area contributed by atoms with Crippen molar-refractivity contribution in [3.05, 3.63) is 29.7 Å². The molecule has 0 saturated carbocycles. The van der Waals surface area contributed by atoms with Gasteiger partial charge in [-0.15, -0.1) is 10.2 Å². The monoisotopic (exact) mass is 189 g/mol. The molecule has 2 rings (SSSR count). The lowest BCUT2D eigenvalue weighted by molar-refractivity contribution is 0.819. The lowest BCUT2D eigenvalue weighted by atomic mass is 10.2. The summed E-state index contributed by atoms with van der Waals surface area (Å²) in [5.41, 5.74) is 2.28. The number of aryl methyl sites for hydroxylation is 2. The van der Waals surface area contributed by atoms with Gasteiger partial charge >= 0.3 is 0 Å². The Morgan fingerprint density at radius 2 is 2.07 bits per heavy atom. The van der Waals surface area contributed by atoms with E-state index in [0.717, 1.165) is 30.7 Å². The van der Waals surface area contributed by atoms with Crippen molar-refractivity contribution in [2.75, 3.05) is 0 Å². The molecule has 0 aliphatic carbocycles. The quantitative estimate of drug-likeness (QED) is 0.741. The Morgan fingerprint density at radius 3 is 2.79 bits per heavy atom. The van der Waals surface area contributed by atoms with Crippen LogP contribution in [0.1, 0.15) is 31.8 Å². The number of fused-ring (bicyclic) bond motifs is 1. The third kappa shape index (κ3) is 1.39. The molecule has 74 valence electrons. The highest BCUT2D eigenvalue weighted by Crippen LogP contribution is 2.10. The topological polar surface area (TPSA) is 30.2 Å². The Balaban J connectivity index is 2.62. The lowest BCUT2D eigenvalue weighted by Crippen LogP contribution is -2.00. The predicted molar refractivity (Wildman–Crippen MR) is 56.4 cm³/mol. The summed E-state index contributed by atoms with van der Waals surface area (Å²) in [4.78, 5) is 0. The van der Waals surface area contributed by atoms with Gasteiger partial charge in [-0.05, 0) is 18.6 Å². The van der Waals surface area contributed by atoms with Crippen molar-refractivity contribution in [3.8, 4) is 0 Å². The van der Waals surface area contributed by atoms with Crippen LogP contribution in [-0.4, -0.2) is 14.6 Å². The van der Waals surface area contributed by atoms with Crippen LogP contribution in [0, 0.1) is 0 Å². The fraction of sp³-hybridized carbons (Fsp3) is 0.455. The minimum atomic E-state index is 0.932. The van der Waals surface area contributed by atoms with Crippen LogP contribution in [0.15, 0.2) is 18.2 Å². The van der Waals surface area contributed by atoms with E-state index >= 15 is 0 Å². The van der Waals surface area contributed by atoms with Gasteiger partial charge in [0.1, 0.15) is 5.82 Å². The molecular weight excluding hydrogens is 174 g/mol. The number of aromatic nitrogens is 3. The number of hydrogen-bond donors (Lipinski definition) is 0. The normalized spacial score (nSPS) is 11.0. The Bertz CT molecular complexity index is 431. The second-order valence-corrected chi connectivity index (χ2v) is 3.43. The van der Waals surface area contributed by atoms with Crippen LogP contribution in [0.2, 0.25) is 0 Å². The SMILES string of the molecule is CCCc1cccc2nnc(CC)n12. The maximum atomic E-state index is 4.17. The van der Waals surface area contributed by atoms with Crippen LogP contribution in [0.5, 0.6) is 0 Å². The average Bonchev–Trinajstić information content (AvgIpc) is 2.62. The molecule has 0 fully saturated rings. The third-order valence-corrected chi connectivity index (χ3v) is 2.40. The molecular formula is C11H15N3. The van der Waals surface area contributed by atoms with Crippen molar-refractivity contribution in [2.24, 2.45) is 0 Å². The van der Waals surface area contributed by atoms with Gasteiger partial charge in [0.25, 0.3) is 0 Å². The van der Waals surface area contributed by atoms with Crippen LogP contribution in [0.4, 0.5) is 0 Å². The summed E-state index contributed by atoms with van der Waals surface area (Å²) < 4.78 is 2.17. The standard InChI is InChI=1S/C11H15N3/c1-3-6-9-7-5-8-11-13-12-10(4-2)14(9)11/h5,7-8H,3-4,6H2,1-2H3. The van der Waals surface area contributed by atoms with Gasteiger partial charge in [-0.2, -0.15) is 0 Å². The van der Waals surface area contributed by atoms with Gasteiger partial charge in [0.15, 0.2) is 5.65 Å². The Labute approximate surface area is 83.8 Å². The van der Waals surface area contributed by atoms with Gasteiger partial charge in [-0.1, -0.05) is 26.3 Å². The second-order valence-electron chi connectivity index (χ2n) is 3.43. The van der Waals surface area contributed by atoms with Gasteiger partial charge in [-0.3, -0.25) is 4.40 Å². The molecule has 2 heterocycles. The van der Waals surface area contributed by atoms with Crippen LogP contribution >= 0.6 is 0 Å². The highest BCUT2D eigenvalue weighted by atomic mass is 15.2. The highest BCUT2D eigenvalue weighted by molar-refractivity contribution is 5.39. The van der Waals surface area contributed by atoms with Crippen molar-refractivity contribution < 1.29 is 0 Å². The predicted octanol–water partition coefficient (Wildman–Crippen LogP) is 2.24. The molecule has 0 aromatic carbocycles. The van der Waals surface area contributed by atoms with E-state index in [1.54, 1.807) is 0 Å². The molecule has 14 heavy (non-hydrogen) atoms. The summed E-state index contributed by atoms with van der Waals surface area (Å²) in [5.74, 6) is 1.06. The van der Waals surface area contributed by atoms with Gasteiger partial charge in [-0.25, -0.2) is 0 Å². The Kier molecular flexibility index (Phi) is 2.48. The minimum Gasteiger partial charge on any atom is -0.283 e. The Hall–Kier alpha value is -1.38. The summed E-state index contributed by atoms with van der Waals surface area (Å²) in [6, 6.07) is 6.21. The molecule has 0 bridgehead atoms. The van der Waals surface area contributed by atoms with E-state index < -0.39 is 0 Å². The third-order valence-electron chi connectivity index (χ3n) is 2.40. The second kappa shape index (κ2) is 3.78. The fourth-order valence-corrected chi connectivity index (χ4v) is 1.75. The van der Waals surface area contributed by atoms with Gasteiger partial charge in [0, 0.05) is 12.1 Å².